The molecule has 0 saturated carbocycles. The molecular weight excluding hydrogens is 104 g/mol. The van der Waals surface area contributed by atoms with Crippen LogP contribution < -0.4 is 10.6 Å². The molecule has 1 aliphatic rings. The van der Waals surface area contributed by atoms with Gasteiger partial charge in [-0.25, -0.2) is 0 Å². The number of likely N-dealkylation sites (N-methyl/N-ethyl adjacent to an activating group) is 2. The van der Waals surface area contributed by atoms with Gasteiger partial charge in [-0.2, -0.15) is 0 Å². The second-order valence-corrected chi connectivity index (χ2v) is 2.07. The van der Waals surface area contributed by atoms with E-state index >= 15 is 0 Å². The molecule has 0 bridgehead atoms. The zero-order valence-electron chi connectivity index (χ0n) is 5.32. The zero-order chi connectivity index (χ0) is 6.04. The summed E-state index contributed by atoms with van der Waals surface area (Å²) in [6.45, 7) is 1.56. The molecule has 1 heterocycles. The number of hydrogen-bond donors (Lipinski definition) is 2. The minimum Gasteiger partial charge on any atom is -0.375 e. The molecule has 48 valence electrons. The van der Waals surface area contributed by atoms with E-state index < -0.39 is 0 Å². The molecule has 1 aliphatic heterocycles. The lowest BCUT2D eigenvalue weighted by Crippen LogP contribution is -2.67. The van der Waals surface area contributed by atoms with Gasteiger partial charge in [0.1, 0.15) is 5.66 Å². The summed E-state index contributed by atoms with van der Waals surface area (Å²) in [4.78, 5) is 0. The second kappa shape index (κ2) is 2.01. The van der Waals surface area contributed by atoms with Gasteiger partial charge in [-0.05, 0) is 14.1 Å². The molecular formula is C5H12N2O. The summed E-state index contributed by atoms with van der Waals surface area (Å²) in [6, 6.07) is 0. The molecule has 8 heavy (non-hydrogen) atoms. The van der Waals surface area contributed by atoms with E-state index in [-0.39, 0.29) is 5.66 Å². The maximum absolute atomic E-state index is 5.00. The Balaban J connectivity index is 2.33. The first-order chi connectivity index (χ1) is 3.83. The predicted molar refractivity (Wildman–Crippen MR) is 31.7 cm³/mol. The minimum absolute atomic E-state index is 0.0833. The van der Waals surface area contributed by atoms with E-state index in [2.05, 4.69) is 10.6 Å². The molecule has 0 aromatic rings. The molecule has 1 fully saturated rings. The van der Waals surface area contributed by atoms with E-state index in [9.17, 15) is 0 Å². The topological polar surface area (TPSA) is 33.3 Å². The van der Waals surface area contributed by atoms with Crippen molar-refractivity contribution in [2.75, 3.05) is 27.3 Å². The molecule has 0 atom stereocenters. The molecule has 0 spiro atoms. The molecule has 1 rings (SSSR count). The Labute approximate surface area is 49.4 Å². The van der Waals surface area contributed by atoms with Crippen LogP contribution in [0.15, 0.2) is 0 Å². The number of nitrogens with one attached hydrogen (secondary N) is 2. The molecule has 0 aliphatic carbocycles. The van der Waals surface area contributed by atoms with Crippen LogP contribution in [0.4, 0.5) is 0 Å². The van der Waals surface area contributed by atoms with Crippen molar-refractivity contribution in [3.05, 3.63) is 0 Å². The molecule has 0 unspecified atom stereocenters. The average molecular weight is 116 g/mol. The molecule has 0 radical (unpaired) electrons. The first-order valence-corrected chi connectivity index (χ1v) is 2.78. The third-order valence-electron chi connectivity index (χ3n) is 1.65. The molecule has 2 N–H and O–H groups in total. The van der Waals surface area contributed by atoms with Crippen LogP contribution in [-0.2, 0) is 4.74 Å². The van der Waals surface area contributed by atoms with Crippen molar-refractivity contribution in [2.24, 2.45) is 0 Å². The number of ether oxygens (including phenoxy) is 1. The Bertz CT molecular complexity index is 67.0. The minimum atomic E-state index is 0.0833. The van der Waals surface area contributed by atoms with E-state index in [0.717, 1.165) is 13.2 Å². The first-order valence-electron chi connectivity index (χ1n) is 2.78. The van der Waals surface area contributed by atoms with E-state index in [4.69, 9.17) is 4.74 Å². The molecule has 0 aromatic heterocycles. The molecule has 1 saturated heterocycles. The molecule has 3 nitrogen and oxygen atoms in total. The van der Waals surface area contributed by atoms with Crippen LogP contribution >= 0.6 is 0 Å². The second-order valence-electron chi connectivity index (χ2n) is 2.07. The number of rotatable bonds is 2. The Hall–Kier alpha value is -0.120. The van der Waals surface area contributed by atoms with Crippen LogP contribution in [0.5, 0.6) is 0 Å². The fraction of sp³-hybridized carbons (Fsp3) is 1.00. The predicted octanol–water partition coefficient (Wildman–Crippen LogP) is -0.848. The van der Waals surface area contributed by atoms with Crippen molar-refractivity contribution in [2.45, 2.75) is 5.66 Å². The van der Waals surface area contributed by atoms with E-state index in [1.54, 1.807) is 0 Å². The normalized spacial score (nSPS) is 24.8. The summed E-state index contributed by atoms with van der Waals surface area (Å²) in [7, 11) is 3.86. The lowest BCUT2D eigenvalue weighted by atomic mass is 10.1. The smallest absolute Gasteiger partial charge is 0.116 e. The van der Waals surface area contributed by atoms with Gasteiger partial charge < -0.3 is 4.74 Å². The SMILES string of the molecule is CNC1(NC)COC1. The number of hydrogen-bond acceptors (Lipinski definition) is 3. The molecule has 0 amide bonds. The van der Waals surface area contributed by atoms with Crippen LogP contribution in [0, 0.1) is 0 Å². The lowest BCUT2D eigenvalue weighted by molar-refractivity contribution is -0.0849. The summed E-state index contributed by atoms with van der Waals surface area (Å²) in [5.41, 5.74) is 0.0833. The Morgan fingerprint density at radius 3 is 1.75 bits per heavy atom. The fourth-order valence-electron chi connectivity index (χ4n) is 0.720. The van der Waals surface area contributed by atoms with E-state index in [0.29, 0.717) is 0 Å². The van der Waals surface area contributed by atoms with Gasteiger partial charge >= 0.3 is 0 Å². The van der Waals surface area contributed by atoms with Crippen LogP contribution in [0.25, 0.3) is 0 Å². The average Bonchev–Trinajstić information content (AvgIpc) is 1.67. The van der Waals surface area contributed by atoms with Crippen molar-refractivity contribution in [3.63, 3.8) is 0 Å². The van der Waals surface area contributed by atoms with E-state index in [1.165, 1.54) is 0 Å². The van der Waals surface area contributed by atoms with E-state index in [1.807, 2.05) is 14.1 Å². The largest absolute Gasteiger partial charge is 0.375 e. The summed E-state index contributed by atoms with van der Waals surface area (Å²) in [5, 5.41) is 6.26. The van der Waals surface area contributed by atoms with Gasteiger partial charge in [0.25, 0.3) is 0 Å². The van der Waals surface area contributed by atoms with Crippen LogP contribution in [0.3, 0.4) is 0 Å². The van der Waals surface area contributed by atoms with Gasteiger partial charge in [-0.15, -0.1) is 0 Å². The fourth-order valence-corrected chi connectivity index (χ4v) is 0.720. The summed E-state index contributed by atoms with van der Waals surface area (Å²) < 4.78 is 5.00. The lowest BCUT2D eigenvalue weighted by Gasteiger charge is -2.40. The molecule has 3 heteroatoms. The Morgan fingerprint density at radius 1 is 1.25 bits per heavy atom. The van der Waals surface area contributed by atoms with Gasteiger partial charge in [0.15, 0.2) is 0 Å². The zero-order valence-corrected chi connectivity index (χ0v) is 5.32. The van der Waals surface area contributed by atoms with Crippen molar-refractivity contribution in [3.8, 4) is 0 Å². The Kier molecular flexibility index (Phi) is 1.51. The monoisotopic (exact) mass is 116 g/mol. The van der Waals surface area contributed by atoms with Gasteiger partial charge in [0.2, 0.25) is 0 Å². The van der Waals surface area contributed by atoms with Crippen molar-refractivity contribution in [1.82, 2.24) is 10.6 Å². The van der Waals surface area contributed by atoms with Gasteiger partial charge in [-0.1, -0.05) is 0 Å². The van der Waals surface area contributed by atoms with Crippen molar-refractivity contribution < 1.29 is 4.74 Å². The summed E-state index contributed by atoms with van der Waals surface area (Å²) in [5.74, 6) is 0. The maximum Gasteiger partial charge on any atom is 0.116 e. The highest BCUT2D eigenvalue weighted by molar-refractivity contribution is 4.88. The third kappa shape index (κ3) is 0.727. The maximum atomic E-state index is 5.00. The van der Waals surface area contributed by atoms with Crippen LogP contribution in [0.2, 0.25) is 0 Å². The highest BCUT2D eigenvalue weighted by Crippen LogP contribution is 2.10. The summed E-state index contributed by atoms with van der Waals surface area (Å²) in [6.07, 6.45) is 0. The highest BCUT2D eigenvalue weighted by atomic mass is 16.5. The van der Waals surface area contributed by atoms with Gasteiger partial charge in [0.05, 0.1) is 13.2 Å². The van der Waals surface area contributed by atoms with Crippen LogP contribution in [-0.4, -0.2) is 33.0 Å². The van der Waals surface area contributed by atoms with Crippen molar-refractivity contribution in [1.29, 1.82) is 0 Å². The molecule has 0 aromatic carbocycles. The highest BCUT2D eigenvalue weighted by Gasteiger charge is 2.34. The first kappa shape index (κ1) is 6.01. The third-order valence-corrected chi connectivity index (χ3v) is 1.65. The van der Waals surface area contributed by atoms with Crippen molar-refractivity contribution >= 4 is 0 Å². The summed E-state index contributed by atoms with van der Waals surface area (Å²) >= 11 is 0. The van der Waals surface area contributed by atoms with Crippen LogP contribution in [0.1, 0.15) is 0 Å². The van der Waals surface area contributed by atoms with Gasteiger partial charge in [-0.3, -0.25) is 10.6 Å². The standard InChI is InChI=1S/C5H12N2O/c1-6-5(7-2)3-8-4-5/h6-7H,3-4H2,1-2H3. The quantitative estimate of drug-likeness (QED) is 0.461. The Morgan fingerprint density at radius 2 is 1.75 bits per heavy atom. The van der Waals surface area contributed by atoms with Gasteiger partial charge in [0, 0.05) is 0 Å².